The van der Waals surface area contributed by atoms with Crippen molar-refractivity contribution < 1.29 is 23.9 Å². The Kier molecular flexibility index (Phi) is 5.80. The number of carbonyl (C=O) groups excluding carboxylic acids is 3. The maximum Gasteiger partial charge on any atom is 0.306 e. The van der Waals surface area contributed by atoms with Gasteiger partial charge in [-0.15, -0.1) is 0 Å². The number of nitrogens with zero attached hydrogens (tertiary/aromatic N) is 1. The third-order valence-electron chi connectivity index (χ3n) is 4.20. The first kappa shape index (κ1) is 18.6. The number of likely N-dealkylation sites (tertiary alicyclic amines) is 1. The summed E-state index contributed by atoms with van der Waals surface area (Å²) < 4.78 is 10.8. The third kappa shape index (κ3) is 4.23. The number of ether oxygens (including phenoxy) is 2. The minimum Gasteiger partial charge on any atom is -0.460 e. The second-order valence-corrected chi connectivity index (χ2v) is 7.33. The van der Waals surface area contributed by atoms with Gasteiger partial charge in [-0.05, 0) is 40.5 Å². The predicted molar refractivity (Wildman–Crippen MR) is 88.0 cm³/mol. The minimum atomic E-state index is -0.489. The first-order valence-corrected chi connectivity index (χ1v) is 8.56. The van der Waals surface area contributed by atoms with Crippen LogP contribution >= 0.6 is 0 Å². The maximum atomic E-state index is 12.5. The van der Waals surface area contributed by atoms with Gasteiger partial charge in [-0.25, -0.2) is 0 Å². The first-order valence-electron chi connectivity index (χ1n) is 8.56. The van der Waals surface area contributed by atoms with Crippen LogP contribution in [0.2, 0.25) is 0 Å². The topological polar surface area (TPSA) is 72.9 Å². The number of carbonyl (C=O) groups is 3. The molecule has 0 aromatic heterocycles. The van der Waals surface area contributed by atoms with Gasteiger partial charge in [0.1, 0.15) is 5.60 Å². The summed E-state index contributed by atoms with van der Waals surface area (Å²) in [6.45, 7) is 8.01. The van der Waals surface area contributed by atoms with Crippen molar-refractivity contribution in [2.45, 2.75) is 58.7 Å². The molecule has 0 spiro atoms. The molecule has 2 rings (SSSR count). The maximum absolute atomic E-state index is 12.5. The molecule has 0 N–H and O–H groups in total. The lowest BCUT2D eigenvalue weighted by molar-refractivity contribution is -0.154. The first-order chi connectivity index (χ1) is 11.2. The van der Waals surface area contributed by atoms with Crippen molar-refractivity contribution in [1.29, 1.82) is 0 Å². The van der Waals surface area contributed by atoms with Gasteiger partial charge in [0.2, 0.25) is 11.8 Å². The van der Waals surface area contributed by atoms with E-state index in [0.717, 1.165) is 0 Å². The lowest BCUT2D eigenvalue weighted by Crippen LogP contribution is -2.35. The van der Waals surface area contributed by atoms with Crippen LogP contribution in [-0.2, 0) is 23.9 Å². The Balaban J connectivity index is 1.81. The van der Waals surface area contributed by atoms with Crippen molar-refractivity contribution in [1.82, 2.24) is 4.90 Å². The van der Waals surface area contributed by atoms with Crippen LogP contribution in [0.15, 0.2) is 12.2 Å². The molecule has 0 saturated carbocycles. The molecule has 2 heterocycles. The van der Waals surface area contributed by atoms with E-state index in [1.165, 1.54) is 4.90 Å². The molecule has 0 radical (unpaired) electrons. The molecule has 134 valence electrons. The normalized spacial score (nSPS) is 27.2. The Morgan fingerprint density at radius 1 is 1.29 bits per heavy atom. The van der Waals surface area contributed by atoms with Gasteiger partial charge in [0.25, 0.3) is 0 Å². The molecule has 0 aromatic rings. The fraction of sp³-hybridized carbons (Fsp3) is 0.722. The fourth-order valence-corrected chi connectivity index (χ4v) is 3.19. The van der Waals surface area contributed by atoms with E-state index < -0.39 is 5.60 Å². The molecule has 3 unspecified atom stereocenters. The van der Waals surface area contributed by atoms with Gasteiger partial charge in [0.05, 0.1) is 24.5 Å². The average Bonchev–Trinajstić information content (AvgIpc) is 2.97. The van der Waals surface area contributed by atoms with Crippen LogP contribution in [-0.4, -0.2) is 47.5 Å². The highest BCUT2D eigenvalue weighted by Gasteiger charge is 2.54. The largest absolute Gasteiger partial charge is 0.460 e. The molecule has 2 amide bonds. The van der Waals surface area contributed by atoms with Gasteiger partial charge in [0.15, 0.2) is 0 Å². The number of esters is 1. The zero-order valence-electron chi connectivity index (χ0n) is 14.9. The van der Waals surface area contributed by atoms with Crippen molar-refractivity contribution in [3.05, 3.63) is 12.2 Å². The lowest BCUT2D eigenvalue weighted by atomic mass is 9.93. The van der Waals surface area contributed by atoms with Crippen LogP contribution in [0.5, 0.6) is 0 Å². The molecule has 2 aliphatic rings. The molecule has 6 nitrogen and oxygen atoms in total. The fourth-order valence-electron chi connectivity index (χ4n) is 3.19. The van der Waals surface area contributed by atoms with E-state index in [0.29, 0.717) is 32.4 Å². The molecule has 0 bridgehead atoms. The zero-order valence-corrected chi connectivity index (χ0v) is 14.9. The summed E-state index contributed by atoms with van der Waals surface area (Å²) >= 11 is 0. The highest BCUT2D eigenvalue weighted by Crippen LogP contribution is 2.37. The third-order valence-corrected chi connectivity index (χ3v) is 4.20. The molecule has 0 aromatic carbocycles. The summed E-state index contributed by atoms with van der Waals surface area (Å²) in [5.41, 5.74) is -0.489. The van der Waals surface area contributed by atoms with Crippen LogP contribution < -0.4 is 0 Å². The van der Waals surface area contributed by atoms with Crippen LogP contribution in [0.1, 0.15) is 47.0 Å². The van der Waals surface area contributed by atoms with Crippen molar-refractivity contribution in [3.63, 3.8) is 0 Å². The quantitative estimate of drug-likeness (QED) is 0.321. The Labute approximate surface area is 143 Å². The zero-order chi connectivity index (χ0) is 17.9. The molecular formula is C18H27NO5. The number of unbranched alkanes of at least 4 members (excludes halogenated alkanes) is 1. The molecule has 2 fully saturated rings. The van der Waals surface area contributed by atoms with Gasteiger partial charge in [0, 0.05) is 13.0 Å². The molecule has 2 aliphatic heterocycles. The van der Waals surface area contributed by atoms with E-state index >= 15 is 0 Å². The summed E-state index contributed by atoms with van der Waals surface area (Å²) in [6.07, 6.45) is 4.87. The molecule has 6 heteroatoms. The standard InChI is InChI=1S/C18H27NO5/c1-5-8-13-15-12(11-23-13)16(21)19(17(15)22)10-7-6-9-14(20)24-18(2,3)4/h5,8,12-13,15H,6-7,9-11H2,1-4H3/b8-5-. The number of hydrogen-bond donors (Lipinski definition) is 0. The molecule has 2 saturated heterocycles. The van der Waals surface area contributed by atoms with E-state index in [1.54, 1.807) is 0 Å². The summed E-state index contributed by atoms with van der Waals surface area (Å²) in [5, 5.41) is 0. The number of rotatable bonds is 6. The van der Waals surface area contributed by atoms with E-state index in [-0.39, 0.29) is 35.7 Å². The monoisotopic (exact) mass is 337 g/mol. The van der Waals surface area contributed by atoms with E-state index in [2.05, 4.69) is 0 Å². The number of fused-ring (bicyclic) bond motifs is 1. The average molecular weight is 337 g/mol. The van der Waals surface area contributed by atoms with E-state index in [9.17, 15) is 14.4 Å². The summed E-state index contributed by atoms with van der Waals surface area (Å²) in [6, 6.07) is 0. The Morgan fingerprint density at radius 2 is 2.00 bits per heavy atom. The van der Waals surface area contributed by atoms with Gasteiger partial charge in [-0.2, -0.15) is 0 Å². The van der Waals surface area contributed by atoms with Gasteiger partial charge < -0.3 is 9.47 Å². The number of imide groups is 1. The van der Waals surface area contributed by atoms with Crippen LogP contribution in [0, 0.1) is 11.8 Å². The summed E-state index contributed by atoms with van der Waals surface area (Å²) in [7, 11) is 0. The van der Waals surface area contributed by atoms with Crippen molar-refractivity contribution in [2.24, 2.45) is 11.8 Å². The number of hydrogen-bond acceptors (Lipinski definition) is 5. The Morgan fingerprint density at radius 3 is 2.62 bits per heavy atom. The van der Waals surface area contributed by atoms with Crippen molar-refractivity contribution >= 4 is 17.8 Å². The summed E-state index contributed by atoms with van der Waals surface area (Å²) in [5.74, 6) is -1.29. The highest BCUT2D eigenvalue weighted by atomic mass is 16.6. The number of allylic oxidation sites excluding steroid dienone is 1. The molecule has 0 aliphatic carbocycles. The number of amides is 2. The molecule has 3 atom stereocenters. The lowest BCUT2D eigenvalue weighted by Gasteiger charge is -2.20. The predicted octanol–water partition coefficient (Wildman–Crippen LogP) is 2.07. The SMILES string of the molecule is C/C=C\C1OCC2C(=O)N(CCCCC(=O)OC(C)(C)C)C(=O)C12. The van der Waals surface area contributed by atoms with E-state index in [1.807, 2.05) is 39.8 Å². The minimum absolute atomic E-state index is 0.144. The van der Waals surface area contributed by atoms with Crippen LogP contribution in [0.3, 0.4) is 0 Å². The molecule has 24 heavy (non-hydrogen) atoms. The van der Waals surface area contributed by atoms with Crippen molar-refractivity contribution in [2.75, 3.05) is 13.2 Å². The Bertz CT molecular complexity index is 534. The van der Waals surface area contributed by atoms with Crippen molar-refractivity contribution in [3.8, 4) is 0 Å². The summed E-state index contributed by atoms with van der Waals surface area (Å²) in [4.78, 5) is 37.9. The molecular weight excluding hydrogens is 310 g/mol. The smallest absolute Gasteiger partial charge is 0.306 e. The van der Waals surface area contributed by atoms with Gasteiger partial charge in [-0.3, -0.25) is 19.3 Å². The second kappa shape index (κ2) is 7.47. The highest BCUT2D eigenvalue weighted by molar-refractivity contribution is 6.06. The Hall–Kier alpha value is -1.69. The van der Waals surface area contributed by atoms with E-state index in [4.69, 9.17) is 9.47 Å². The van der Waals surface area contributed by atoms with Crippen LogP contribution in [0.25, 0.3) is 0 Å². The second-order valence-electron chi connectivity index (χ2n) is 7.33. The van der Waals surface area contributed by atoms with Gasteiger partial charge in [-0.1, -0.05) is 12.2 Å². The van der Waals surface area contributed by atoms with Gasteiger partial charge >= 0.3 is 5.97 Å². The van der Waals surface area contributed by atoms with Crippen LogP contribution in [0.4, 0.5) is 0 Å².